The molecule has 1 unspecified atom stereocenters. The molecule has 0 aliphatic carbocycles. The van der Waals surface area contributed by atoms with E-state index in [2.05, 4.69) is 20.7 Å². The van der Waals surface area contributed by atoms with Crippen molar-refractivity contribution in [2.45, 2.75) is 33.4 Å². The lowest BCUT2D eigenvalue weighted by Gasteiger charge is -2.16. The molecule has 0 aliphatic rings. The van der Waals surface area contributed by atoms with Crippen LogP contribution >= 0.6 is 11.6 Å². The summed E-state index contributed by atoms with van der Waals surface area (Å²) in [6.45, 7) is 5.30. The topological polar surface area (TPSA) is 111 Å². The van der Waals surface area contributed by atoms with Crippen LogP contribution in [-0.4, -0.2) is 31.1 Å². The van der Waals surface area contributed by atoms with Crippen LogP contribution in [0.25, 0.3) is 10.9 Å². The minimum Gasteiger partial charge on any atom is -0.324 e. The molecule has 1 atom stereocenters. The summed E-state index contributed by atoms with van der Waals surface area (Å²) in [5.41, 5.74) is 2.82. The van der Waals surface area contributed by atoms with Crippen LogP contribution in [0.2, 0.25) is 5.02 Å². The Morgan fingerprint density at radius 2 is 1.85 bits per heavy atom. The molecular formula is C24H23ClN6O3. The maximum absolute atomic E-state index is 12.7. The van der Waals surface area contributed by atoms with Gasteiger partial charge in [-0.3, -0.25) is 23.6 Å². The molecule has 9 nitrogen and oxygen atoms in total. The number of hydrogen-bond donors (Lipinski definition) is 2. The standard InChI is InChI=1S/C24H23ClN6O3/c1-14-10-15(2)31(29-14)16(3)23(33)28-21-9-8-17(11-19(21)25)27-22(32)12-30-13-26-20-7-5-4-6-18(20)24(30)34/h4-11,13,16H,12H2,1-3H3,(H,27,32)(H,28,33). The Kier molecular flexibility index (Phi) is 6.47. The van der Waals surface area contributed by atoms with Gasteiger partial charge in [0.2, 0.25) is 11.8 Å². The zero-order valence-electron chi connectivity index (χ0n) is 18.9. The fraction of sp³-hybridized carbons (Fsp3) is 0.208. The van der Waals surface area contributed by atoms with Gasteiger partial charge in [-0.1, -0.05) is 23.7 Å². The summed E-state index contributed by atoms with van der Waals surface area (Å²) in [6, 6.07) is 13.1. The smallest absolute Gasteiger partial charge is 0.261 e. The molecule has 4 rings (SSSR count). The second-order valence-corrected chi connectivity index (χ2v) is 8.38. The molecule has 4 aromatic rings. The predicted octanol–water partition coefficient (Wildman–Crippen LogP) is 3.70. The van der Waals surface area contributed by atoms with Gasteiger partial charge in [-0.15, -0.1) is 0 Å². The van der Waals surface area contributed by atoms with Crippen molar-refractivity contribution in [1.29, 1.82) is 0 Å². The van der Waals surface area contributed by atoms with Crippen LogP contribution in [0.1, 0.15) is 24.4 Å². The number of hydrogen-bond acceptors (Lipinski definition) is 5. The van der Waals surface area contributed by atoms with Gasteiger partial charge in [0.05, 0.1) is 33.6 Å². The molecule has 2 heterocycles. The average molecular weight is 479 g/mol. The molecule has 0 aliphatic heterocycles. The summed E-state index contributed by atoms with van der Waals surface area (Å²) in [5, 5.41) is 10.5. The highest BCUT2D eigenvalue weighted by Crippen LogP contribution is 2.26. The van der Waals surface area contributed by atoms with E-state index in [9.17, 15) is 14.4 Å². The molecule has 0 fully saturated rings. The Labute approximate surface area is 200 Å². The lowest BCUT2D eigenvalue weighted by Crippen LogP contribution is -2.28. The van der Waals surface area contributed by atoms with Crippen LogP contribution in [0, 0.1) is 13.8 Å². The number of rotatable bonds is 6. The van der Waals surface area contributed by atoms with Crippen LogP contribution in [0.3, 0.4) is 0 Å². The van der Waals surface area contributed by atoms with Crippen LogP contribution in [0.5, 0.6) is 0 Å². The van der Waals surface area contributed by atoms with Crippen molar-refractivity contribution < 1.29 is 9.59 Å². The van der Waals surface area contributed by atoms with Crippen molar-refractivity contribution in [3.8, 4) is 0 Å². The Morgan fingerprint density at radius 3 is 2.56 bits per heavy atom. The van der Waals surface area contributed by atoms with E-state index in [1.54, 1.807) is 48.0 Å². The molecule has 2 N–H and O–H groups in total. The highest BCUT2D eigenvalue weighted by Gasteiger charge is 2.19. The van der Waals surface area contributed by atoms with Crippen LogP contribution in [0.4, 0.5) is 11.4 Å². The molecule has 10 heteroatoms. The number of nitrogens with zero attached hydrogens (tertiary/aromatic N) is 4. The summed E-state index contributed by atoms with van der Waals surface area (Å²) in [6.07, 6.45) is 1.35. The monoisotopic (exact) mass is 478 g/mol. The Balaban J connectivity index is 1.42. The van der Waals surface area contributed by atoms with Crippen molar-refractivity contribution in [2.24, 2.45) is 0 Å². The van der Waals surface area contributed by atoms with Crippen LogP contribution in [-0.2, 0) is 16.1 Å². The first kappa shape index (κ1) is 23.2. The second kappa shape index (κ2) is 9.48. The summed E-state index contributed by atoms with van der Waals surface area (Å²) < 4.78 is 2.89. The molecule has 0 saturated heterocycles. The van der Waals surface area contributed by atoms with E-state index in [4.69, 9.17) is 11.6 Å². The van der Waals surface area contributed by atoms with Crippen LogP contribution < -0.4 is 16.2 Å². The first-order valence-electron chi connectivity index (χ1n) is 10.6. The maximum Gasteiger partial charge on any atom is 0.261 e. The lowest BCUT2D eigenvalue weighted by atomic mass is 10.2. The third-order valence-corrected chi connectivity index (χ3v) is 5.66. The van der Waals surface area contributed by atoms with E-state index < -0.39 is 11.9 Å². The Bertz CT molecular complexity index is 1460. The van der Waals surface area contributed by atoms with Gasteiger partial charge >= 0.3 is 0 Å². The van der Waals surface area contributed by atoms with Gasteiger partial charge in [-0.05, 0) is 57.2 Å². The fourth-order valence-corrected chi connectivity index (χ4v) is 3.88. The number of aromatic nitrogens is 4. The van der Waals surface area contributed by atoms with E-state index in [1.165, 1.54) is 17.0 Å². The van der Waals surface area contributed by atoms with E-state index >= 15 is 0 Å². The van der Waals surface area contributed by atoms with E-state index in [0.717, 1.165) is 11.4 Å². The molecule has 0 saturated carbocycles. The van der Waals surface area contributed by atoms with Crippen molar-refractivity contribution in [3.63, 3.8) is 0 Å². The zero-order chi connectivity index (χ0) is 24.4. The largest absolute Gasteiger partial charge is 0.324 e. The number of carbonyl (C=O) groups is 2. The fourth-order valence-electron chi connectivity index (χ4n) is 3.65. The minimum absolute atomic E-state index is 0.201. The zero-order valence-corrected chi connectivity index (χ0v) is 19.6. The quantitative estimate of drug-likeness (QED) is 0.439. The molecule has 174 valence electrons. The highest BCUT2D eigenvalue weighted by atomic mass is 35.5. The first-order chi connectivity index (χ1) is 16.2. The summed E-state index contributed by atoms with van der Waals surface area (Å²) in [5.74, 6) is -0.682. The third-order valence-electron chi connectivity index (χ3n) is 5.35. The van der Waals surface area contributed by atoms with E-state index in [1.807, 2.05) is 19.9 Å². The van der Waals surface area contributed by atoms with Crippen LogP contribution in [0.15, 0.2) is 59.7 Å². The normalized spacial score (nSPS) is 11.9. The molecular weight excluding hydrogens is 456 g/mol. The summed E-state index contributed by atoms with van der Waals surface area (Å²) in [7, 11) is 0. The van der Waals surface area contributed by atoms with Crippen molar-refractivity contribution in [1.82, 2.24) is 19.3 Å². The number of para-hydroxylation sites is 1. The Hall–Kier alpha value is -3.98. The summed E-state index contributed by atoms with van der Waals surface area (Å²) >= 11 is 6.34. The minimum atomic E-state index is -0.530. The van der Waals surface area contributed by atoms with Crippen molar-refractivity contribution in [2.75, 3.05) is 10.6 Å². The van der Waals surface area contributed by atoms with Gasteiger partial charge in [0.15, 0.2) is 0 Å². The van der Waals surface area contributed by atoms with Gasteiger partial charge in [0, 0.05) is 11.4 Å². The number of anilines is 2. The first-order valence-corrected chi connectivity index (χ1v) is 11.0. The number of aryl methyl sites for hydroxylation is 2. The lowest BCUT2D eigenvalue weighted by molar-refractivity contribution is -0.119. The van der Waals surface area contributed by atoms with Gasteiger partial charge in [0.25, 0.3) is 5.56 Å². The number of nitrogens with one attached hydrogen (secondary N) is 2. The van der Waals surface area contributed by atoms with Crippen molar-refractivity contribution >= 4 is 45.7 Å². The number of amides is 2. The molecule has 0 bridgehead atoms. The average Bonchev–Trinajstić information content (AvgIpc) is 3.14. The highest BCUT2D eigenvalue weighted by molar-refractivity contribution is 6.34. The molecule has 0 spiro atoms. The number of fused-ring (bicyclic) bond motifs is 1. The van der Waals surface area contributed by atoms with E-state index in [0.29, 0.717) is 22.3 Å². The molecule has 2 aromatic heterocycles. The molecule has 0 radical (unpaired) electrons. The predicted molar refractivity (Wildman–Crippen MR) is 131 cm³/mol. The SMILES string of the molecule is Cc1cc(C)n(C(C)C(=O)Nc2ccc(NC(=O)Cn3cnc4ccccc4c3=O)cc2Cl)n1. The molecule has 2 amide bonds. The van der Waals surface area contributed by atoms with E-state index in [-0.39, 0.29) is 23.0 Å². The number of halogens is 1. The van der Waals surface area contributed by atoms with Gasteiger partial charge in [-0.2, -0.15) is 5.10 Å². The summed E-state index contributed by atoms with van der Waals surface area (Å²) in [4.78, 5) is 42.0. The Morgan fingerprint density at radius 1 is 1.09 bits per heavy atom. The van der Waals surface area contributed by atoms with Crippen molar-refractivity contribution in [3.05, 3.63) is 81.6 Å². The van der Waals surface area contributed by atoms with Gasteiger partial charge in [0.1, 0.15) is 12.6 Å². The number of carbonyl (C=O) groups excluding carboxylic acids is 2. The molecule has 34 heavy (non-hydrogen) atoms. The molecule has 2 aromatic carbocycles. The number of benzene rings is 2. The third kappa shape index (κ3) is 4.84. The van der Waals surface area contributed by atoms with Gasteiger partial charge < -0.3 is 10.6 Å². The maximum atomic E-state index is 12.7. The van der Waals surface area contributed by atoms with Gasteiger partial charge in [-0.25, -0.2) is 4.98 Å². The second-order valence-electron chi connectivity index (χ2n) is 7.97.